The molecule has 0 aromatic heterocycles. The van der Waals surface area contributed by atoms with E-state index in [9.17, 15) is 0 Å². The average Bonchev–Trinajstić information content (AvgIpc) is 2.55. The molecule has 36 heavy (non-hydrogen) atoms. The van der Waals surface area contributed by atoms with Crippen LogP contribution in [0.1, 0.15) is 94.2 Å². The van der Waals surface area contributed by atoms with E-state index in [4.69, 9.17) is 0 Å². The van der Waals surface area contributed by atoms with Crippen molar-refractivity contribution in [2.45, 2.75) is 138 Å². The molecule has 0 unspecified atom stereocenters. The first kappa shape index (κ1) is 34.4. The fraction of sp³-hybridized carbons (Fsp3) is 0.688. The van der Waals surface area contributed by atoms with Gasteiger partial charge in [-0.25, -0.2) is 0 Å². The molecule has 4 heteroatoms. The molecule has 1 aromatic rings. The van der Waals surface area contributed by atoms with Gasteiger partial charge in [-0.3, -0.25) is 0 Å². The molecule has 0 spiro atoms. The van der Waals surface area contributed by atoms with Gasteiger partial charge >= 0.3 is 242 Å². The van der Waals surface area contributed by atoms with Gasteiger partial charge in [0.15, 0.2) is 0 Å². The molecule has 0 aliphatic rings. The molecule has 0 fully saturated rings. The van der Waals surface area contributed by atoms with Crippen molar-refractivity contribution in [3.8, 4) is 0 Å². The van der Waals surface area contributed by atoms with Crippen molar-refractivity contribution in [1.82, 2.24) is 0 Å². The Labute approximate surface area is 240 Å². The van der Waals surface area contributed by atoms with E-state index in [2.05, 4.69) is 159 Å². The van der Waals surface area contributed by atoms with Crippen LogP contribution in [0.4, 0.5) is 0 Å². The Balaban J connectivity index is 3.68. The van der Waals surface area contributed by atoms with E-state index >= 15 is 0 Å². The van der Waals surface area contributed by atoms with Crippen LogP contribution >= 0.6 is 0 Å². The quantitative estimate of drug-likeness (QED) is 0.272. The number of rotatable bonds is 6. The molecule has 0 atom stereocenters. The molecule has 0 nitrogen and oxygen atoms in total. The van der Waals surface area contributed by atoms with Gasteiger partial charge in [-0.2, -0.15) is 0 Å². The van der Waals surface area contributed by atoms with Crippen LogP contribution in [0.5, 0.6) is 0 Å². The van der Waals surface area contributed by atoms with Gasteiger partial charge in [-0.15, -0.1) is 0 Å². The van der Waals surface area contributed by atoms with Gasteiger partial charge in [0.1, 0.15) is 0 Å². The van der Waals surface area contributed by atoms with Crippen LogP contribution < -0.4 is 0 Å². The molecular formula is C32H60Ga2Si2. The minimum absolute atomic E-state index is 0.424. The number of benzene rings is 1. The summed E-state index contributed by atoms with van der Waals surface area (Å²) in [5, 5.41) is 0. The second-order valence-electron chi connectivity index (χ2n) is 17.7. The zero-order valence-electron chi connectivity index (χ0n) is 27.6. The van der Waals surface area contributed by atoms with Gasteiger partial charge in [-0.05, 0) is 0 Å². The molecule has 0 saturated heterocycles. The van der Waals surface area contributed by atoms with E-state index in [1.807, 2.05) is 7.50 Å². The van der Waals surface area contributed by atoms with Crippen molar-refractivity contribution in [3.63, 3.8) is 0 Å². The van der Waals surface area contributed by atoms with E-state index in [1.54, 1.807) is 0 Å². The zero-order valence-corrected chi connectivity index (χ0v) is 34.5. The molecule has 1 rings (SSSR count). The summed E-state index contributed by atoms with van der Waals surface area (Å²) in [5.41, 5.74) is 2.82. The molecule has 0 radical (unpaired) electrons. The number of hydrogen-bond acceptors (Lipinski definition) is 0. The van der Waals surface area contributed by atoms with Gasteiger partial charge < -0.3 is 0 Å². The van der Waals surface area contributed by atoms with Gasteiger partial charge in [0.2, 0.25) is 0 Å². The summed E-state index contributed by atoms with van der Waals surface area (Å²) in [6.45, 7) is 45.5. The Bertz CT molecular complexity index is 820. The minimum atomic E-state index is -1.82. The molecule has 0 aliphatic carbocycles. The van der Waals surface area contributed by atoms with Crippen LogP contribution in [0.3, 0.4) is 0 Å². The van der Waals surface area contributed by atoms with Crippen LogP contribution in [0, 0.1) is 0 Å². The first-order chi connectivity index (χ1) is 15.7. The average molecular weight is 640 g/mol. The van der Waals surface area contributed by atoms with Crippen LogP contribution in [0.2, 0.25) is 55.2 Å². The fourth-order valence-corrected chi connectivity index (χ4v) is 50.0. The van der Waals surface area contributed by atoms with Crippen molar-refractivity contribution in [2.75, 3.05) is 0 Å². The van der Waals surface area contributed by atoms with E-state index in [-0.39, 0.29) is 0 Å². The summed E-state index contributed by atoms with van der Waals surface area (Å²) in [6, 6.07) is 9.65. The molecule has 0 saturated carbocycles. The second kappa shape index (κ2) is 11.5. The molecular weight excluding hydrogens is 580 g/mol. The zero-order chi connectivity index (χ0) is 28.7. The Morgan fingerprint density at radius 2 is 0.667 bits per heavy atom. The van der Waals surface area contributed by atoms with Crippen LogP contribution in [0.15, 0.2) is 31.8 Å². The molecule has 0 heterocycles. The van der Waals surface area contributed by atoms with E-state index in [0.717, 1.165) is 0 Å². The normalized spacial score (nSPS) is 15.3. The third kappa shape index (κ3) is 9.86. The summed E-state index contributed by atoms with van der Waals surface area (Å²) in [7, 11) is -2.86. The maximum atomic E-state index is 2.64. The second-order valence-corrected chi connectivity index (χ2v) is 51.1. The third-order valence-corrected chi connectivity index (χ3v) is 42.9. The number of hydrogen-bond donors (Lipinski definition) is 0. The van der Waals surface area contributed by atoms with Crippen molar-refractivity contribution in [2.24, 2.45) is 0 Å². The summed E-state index contributed by atoms with van der Waals surface area (Å²) in [4.78, 5) is 0. The summed E-state index contributed by atoms with van der Waals surface area (Å²) in [5.74, 6) is 0. The molecule has 0 aliphatic heterocycles. The Morgan fingerprint density at radius 3 is 0.806 bits per heavy atom. The van der Waals surface area contributed by atoms with Crippen molar-refractivity contribution >= 4 is 60.7 Å². The van der Waals surface area contributed by atoms with Crippen LogP contribution in [-0.4, -0.2) is 48.6 Å². The van der Waals surface area contributed by atoms with E-state index in [0.29, 0.717) is 15.9 Å². The van der Waals surface area contributed by atoms with Crippen molar-refractivity contribution in [3.05, 3.63) is 42.9 Å². The van der Waals surface area contributed by atoms with Crippen LogP contribution in [0.25, 0.3) is 12.2 Å². The predicted octanol–water partition coefficient (Wildman–Crippen LogP) is 11.5. The van der Waals surface area contributed by atoms with E-state index < -0.39 is 48.6 Å². The van der Waals surface area contributed by atoms with Crippen molar-refractivity contribution < 1.29 is 0 Å². The van der Waals surface area contributed by atoms with Crippen LogP contribution in [-0.2, 0) is 0 Å². The first-order valence-corrected chi connectivity index (χ1v) is 28.5. The molecule has 0 bridgehead atoms. The van der Waals surface area contributed by atoms with Gasteiger partial charge in [-0.1, -0.05) is 0 Å². The Kier molecular flexibility index (Phi) is 11.0. The van der Waals surface area contributed by atoms with Gasteiger partial charge in [0.05, 0.1) is 0 Å². The summed E-state index contributed by atoms with van der Waals surface area (Å²) < 4.78 is 5.47. The molecule has 202 valence electrons. The monoisotopic (exact) mass is 638 g/mol. The topological polar surface area (TPSA) is 0 Å². The van der Waals surface area contributed by atoms with Crippen molar-refractivity contribution in [1.29, 1.82) is 0 Å². The first-order valence-electron chi connectivity index (χ1n) is 14.2. The summed E-state index contributed by atoms with van der Waals surface area (Å²) in [6.07, 6.45) is 5.29. The predicted molar refractivity (Wildman–Crippen MR) is 179 cm³/mol. The van der Waals surface area contributed by atoms with Gasteiger partial charge in [0.25, 0.3) is 0 Å². The maximum absolute atomic E-state index is 2.64. The molecule has 0 N–H and O–H groups in total. The SMILES string of the molecule is C[C](C)(C)[Ga](/[C](=C/c1ccc(/C=[C](/[Ga]([C](C)(C)C)[C](C)(C)C)[Si](C)(C)C)cc1)[Si](C)(C)C)[C](C)(C)C. The Morgan fingerprint density at radius 1 is 0.472 bits per heavy atom. The fourth-order valence-electron chi connectivity index (χ4n) is 6.98. The molecule has 1 aromatic carbocycles. The molecule has 0 amide bonds. The Hall–Kier alpha value is 0.406. The third-order valence-electron chi connectivity index (χ3n) is 7.40. The van der Waals surface area contributed by atoms with Gasteiger partial charge in [0, 0.05) is 0 Å². The summed E-state index contributed by atoms with van der Waals surface area (Å²) >= 11 is -3.65. The van der Waals surface area contributed by atoms with E-state index in [1.165, 1.54) is 11.1 Å². The standard InChI is InChI=1S/C16H24Si2.4C4H9.2Ga/c1-17(2,3)13-11-15-7-9-16(10-8-15)12-14-18(4,5)6;4*1-4(2)3;;/h7-12H,1-6H3;4*1-3H3;;.